The number of thioether (sulfide) groups is 2. The summed E-state index contributed by atoms with van der Waals surface area (Å²) in [6.45, 7) is 4.91. The fraction of sp³-hybridized carbons (Fsp3) is 0.257. The van der Waals surface area contributed by atoms with Crippen LogP contribution in [0.1, 0.15) is 39.5 Å². The molecule has 11 heteroatoms. The number of rotatable bonds is 14. The summed E-state index contributed by atoms with van der Waals surface area (Å²) in [4.78, 5) is 5.54. The van der Waals surface area contributed by atoms with Crippen molar-refractivity contribution in [3.63, 3.8) is 0 Å². The van der Waals surface area contributed by atoms with Crippen molar-refractivity contribution in [3.05, 3.63) is 112 Å². The molecule has 242 valence electrons. The first kappa shape index (κ1) is 34.4. The first-order chi connectivity index (χ1) is 22.1. The van der Waals surface area contributed by atoms with E-state index in [1.165, 1.54) is 0 Å². The predicted molar refractivity (Wildman–Crippen MR) is 193 cm³/mol. The molecule has 2 N–H and O–H groups in total. The fourth-order valence-corrected chi connectivity index (χ4v) is 8.38. The number of anilines is 1. The highest BCUT2D eigenvalue weighted by Crippen LogP contribution is 2.50. The van der Waals surface area contributed by atoms with Gasteiger partial charge in [-0.3, -0.25) is 13.3 Å². The lowest BCUT2D eigenvalue weighted by Gasteiger charge is -2.22. The second-order valence-corrected chi connectivity index (χ2v) is 15.4. The molecule has 0 aromatic heterocycles. The monoisotopic (exact) mass is 695 g/mol. The van der Waals surface area contributed by atoms with E-state index in [-0.39, 0.29) is 12.4 Å². The first-order valence-corrected chi connectivity index (χ1v) is 19.3. The Labute approximate surface area is 282 Å². The minimum Gasteiger partial charge on any atom is -0.334 e. The van der Waals surface area contributed by atoms with Gasteiger partial charge >= 0.3 is 11.4 Å². The van der Waals surface area contributed by atoms with Gasteiger partial charge in [-0.15, -0.1) is 0 Å². The molecule has 0 radical (unpaired) electrons. The predicted octanol–water partition coefficient (Wildman–Crippen LogP) is 9.36. The highest BCUT2D eigenvalue weighted by Gasteiger charge is 2.27. The van der Waals surface area contributed by atoms with Crippen molar-refractivity contribution < 1.29 is 25.9 Å². The number of benzene rings is 4. The number of fused-ring (bicyclic) bond motifs is 4. The maximum absolute atomic E-state index is 11.4. The molecule has 1 aliphatic heterocycles. The van der Waals surface area contributed by atoms with E-state index in [2.05, 4.69) is 78.6 Å². The van der Waals surface area contributed by atoms with Crippen LogP contribution in [0.2, 0.25) is 0 Å². The Morgan fingerprint density at radius 3 is 2.46 bits per heavy atom. The van der Waals surface area contributed by atoms with Crippen LogP contribution in [-0.2, 0) is 25.7 Å². The summed E-state index contributed by atoms with van der Waals surface area (Å²) in [6, 6.07) is 27.2. The highest BCUT2D eigenvalue weighted by molar-refractivity contribution is 8.04. The molecule has 1 atom stereocenters. The third-order valence-corrected chi connectivity index (χ3v) is 11.1. The van der Waals surface area contributed by atoms with Crippen LogP contribution in [0.3, 0.4) is 0 Å². The molecule has 1 heterocycles. The van der Waals surface area contributed by atoms with E-state index in [1.54, 1.807) is 23.5 Å². The Balaban J connectivity index is 1.51. The minimum absolute atomic E-state index is 0.159. The molecule has 46 heavy (non-hydrogen) atoms. The van der Waals surface area contributed by atoms with Gasteiger partial charge in [-0.05, 0) is 84.7 Å². The van der Waals surface area contributed by atoms with Gasteiger partial charge in [-0.1, -0.05) is 96.7 Å². The Bertz CT molecular complexity index is 1950. The largest absolute Gasteiger partial charge is 0.334 e. The van der Waals surface area contributed by atoms with E-state index in [4.69, 9.17) is 8.74 Å². The summed E-state index contributed by atoms with van der Waals surface area (Å²) >= 11 is 1.06. The number of hydrogen-bond acceptors (Lipinski definition) is 7. The molecule has 0 saturated heterocycles. The lowest BCUT2D eigenvalue weighted by atomic mass is 10.1. The second-order valence-electron chi connectivity index (χ2n) is 11.0. The summed E-state index contributed by atoms with van der Waals surface area (Å²) in [5.41, 5.74) is 3.28. The quantitative estimate of drug-likeness (QED) is 0.0439. The molecule has 0 bridgehead atoms. The zero-order valence-electron chi connectivity index (χ0n) is 25.7. The molecular formula is C35H37NO6S4. The van der Waals surface area contributed by atoms with Gasteiger partial charge in [-0.25, -0.2) is 0 Å². The number of hydrogen-bond donors (Lipinski definition) is 2. The van der Waals surface area contributed by atoms with Crippen molar-refractivity contribution >= 4 is 72.2 Å². The lowest BCUT2D eigenvalue weighted by molar-refractivity contribution is 0.303. The van der Waals surface area contributed by atoms with Crippen LogP contribution in [-0.4, -0.2) is 40.6 Å². The second kappa shape index (κ2) is 15.8. The molecule has 0 amide bonds. The summed E-state index contributed by atoms with van der Waals surface area (Å²) in [5.74, 6) is -0.280. The molecular weight excluding hydrogens is 659 g/mol. The van der Waals surface area contributed by atoms with E-state index >= 15 is 0 Å². The normalized spacial score (nSPS) is 15.9. The van der Waals surface area contributed by atoms with E-state index in [0.717, 1.165) is 64.5 Å². The SMILES string of the molecule is CCC(=CC(Sc1ccc2ccccc2c1)=C(C)CCCS(=O)(=O)O)C=C1Sc2ccc3ccccc3c2N1CCCOS(=O)O. The van der Waals surface area contributed by atoms with Gasteiger partial charge in [0.1, 0.15) is 0 Å². The molecule has 1 aliphatic rings. The van der Waals surface area contributed by atoms with Crippen molar-refractivity contribution in [2.45, 2.75) is 49.3 Å². The molecule has 4 aromatic carbocycles. The topological polar surface area (TPSA) is 104 Å². The van der Waals surface area contributed by atoms with Crippen LogP contribution < -0.4 is 4.90 Å². The standard InChI is InChI=1S/C35H37NO6S4/c1-3-26(22-33(25(2)10-8-21-46(39,40)41)43-30-17-15-27-11-4-5-13-29(27)24-30)23-34-36(19-9-20-42-45(37)38)35-31-14-7-6-12-28(31)16-18-32(35)44-34/h4-7,11-18,22-24H,3,8-10,19-21H2,1-2H3,(H,37,38)(H,39,40,41). The zero-order valence-corrected chi connectivity index (χ0v) is 29.0. The molecule has 0 saturated carbocycles. The van der Waals surface area contributed by atoms with Gasteiger partial charge in [0, 0.05) is 26.6 Å². The first-order valence-electron chi connectivity index (χ1n) is 15.1. The van der Waals surface area contributed by atoms with E-state index in [1.807, 2.05) is 31.2 Å². The van der Waals surface area contributed by atoms with Gasteiger partial charge in [-0.2, -0.15) is 12.6 Å². The van der Waals surface area contributed by atoms with Gasteiger partial charge in [0.2, 0.25) is 0 Å². The molecule has 0 aliphatic carbocycles. The average Bonchev–Trinajstić information content (AvgIpc) is 3.38. The summed E-state index contributed by atoms with van der Waals surface area (Å²) < 4.78 is 57.3. The smallest absolute Gasteiger partial charge is 0.301 e. The van der Waals surface area contributed by atoms with Crippen LogP contribution in [0.25, 0.3) is 21.5 Å². The van der Waals surface area contributed by atoms with Crippen molar-refractivity contribution in [3.8, 4) is 0 Å². The van der Waals surface area contributed by atoms with E-state index in [9.17, 15) is 17.2 Å². The van der Waals surface area contributed by atoms with Crippen LogP contribution in [0.5, 0.6) is 0 Å². The molecule has 4 aromatic rings. The Hall–Kier alpha value is -2.90. The van der Waals surface area contributed by atoms with Gasteiger partial charge in [0.15, 0.2) is 0 Å². The maximum atomic E-state index is 11.4. The Morgan fingerprint density at radius 1 is 1.00 bits per heavy atom. The minimum atomic E-state index is -4.04. The summed E-state index contributed by atoms with van der Waals surface area (Å²) in [6.07, 6.45) is 6.58. The fourth-order valence-electron chi connectivity index (χ4n) is 5.37. The van der Waals surface area contributed by atoms with Crippen LogP contribution in [0.15, 0.2) is 122 Å². The van der Waals surface area contributed by atoms with Crippen molar-refractivity contribution in [2.75, 3.05) is 23.8 Å². The van der Waals surface area contributed by atoms with Gasteiger partial charge in [0.25, 0.3) is 10.1 Å². The summed E-state index contributed by atoms with van der Waals surface area (Å²) in [5, 5.41) is 5.66. The third kappa shape index (κ3) is 9.13. The van der Waals surface area contributed by atoms with Gasteiger partial charge in [0.05, 0.1) is 23.1 Å². The average molecular weight is 696 g/mol. The Morgan fingerprint density at radius 2 is 1.72 bits per heavy atom. The van der Waals surface area contributed by atoms with Gasteiger partial charge < -0.3 is 4.90 Å². The van der Waals surface area contributed by atoms with Crippen LogP contribution in [0.4, 0.5) is 5.69 Å². The molecule has 0 fully saturated rings. The third-order valence-electron chi connectivity index (χ3n) is 7.68. The van der Waals surface area contributed by atoms with E-state index < -0.39 is 21.5 Å². The zero-order chi connectivity index (χ0) is 32.7. The molecule has 7 nitrogen and oxygen atoms in total. The summed E-state index contributed by atoms with van der Waals surface area (Å²) in [7, 11) is -4.04. The number of allylic oxidation sites excluding steroid dienone is 4. The molecule has 1 unspecified atom stereocenters. The molecule has 5 rings (SSSR count). The van der Waals surface area contributed by atoms with Crippen molar-refractivity contribution in [1.29, 1.82) is 0 Å². The maximum Gasteiger partial charge on any atom is 0.301 e. The van der Waals surface area contributed by atoms with Crippen molar-refractivity contribution in [1.82, 2.24) is 0 Å². The highest BCUT2D eigenvalue weighted by atomic mass is 32.2. The Kier molecular flexibility index (Phi) is 11.8. The van der Waals surface area contributed by atoms with Crippen LogP contribution >= 0.6 is 23.5 Å². The van der Waals surface area contributed by atoms with Crippen molar-refractivity contribution in [2.24, 2.45) is 0 Å². The molecule has 0 spiro atoms. The number of nitrogens with zero attached hydrogens (tertiary/aromatic N) is 1. The lowest BCUT2D eigenvalue weighted by Crippen LogP contribution is -2.21. The van der Waals surface area contributed by atoms with E-state index in [0.29, 0.717) is 25.8 Å². The van der Waals surface area contributed by atoms with Crippen LogP contribution in [0, 0.1) is 0 Å².